The summed E-state index contributed by atoms with van der Waals surface area (Å²) in [6.45, 7) is 4.70. The molecule has 146 valence electrons. The van der Waals surface area contributed by atoms with Gasteiger partial charge in [0.25, 0.3) is 5.56 Å². The Balaban J connectivity index is 2.00. The number of carboxylic acids is 1. The number of carboxylic acid groups (broad SMARTS) is 1. The Morgan fingerprint density at radius 2 is 1.89 bits per heavy atom. The van der Waals surface area contributed by atoms with Crippen LogP contribution < -0.4 is 16.1 Å². The SMILES string of the molecule is Cc1ccc(N2C[C@@H](C)Cn3c2nc2c3c(=O)n(CC(=O)O)c(=O)n2C)cc1. The van der Waals surface area contributed by atoms with Gasteiger partial charge in [-0.1, -0.05) is 24.6 Å². The minimum absolute atomic E-state index is 0.232. The lowest BCUT2D eigenvalue weighted by Crippen LogP contribution is -2.41. The van der Waals surface area contributed by atoms with Crippen LogP contribution in [0.1, 0.15) is 12.5 Å². The van der Waals surface area contributed by atoms with Crippen molar-refractivity contribution in [3.8, 4) is 0 Å². The maximum absolute atomic E-state index is 13.0. The largest absolute Gasteiger partial charge is 0.480 e. The third kappa shape index (κ3) is 2.70. The third-order valence-corrected chi connectivity index (χ3v) is 5.08. The first kappa shape index (κ1) is 18.0. The molecule has 4 rings (SSSR count). The Bertz CT molecular complexity index is 1200. The van der Waals surface area contributed by atoms with E-state index in [-0.39, 0.29) is 17.1 Å². The molecule has 0 aliphatic carbocycles. The summed E-state index contributed by atoms with van der Waals surface area (Å²) in [4.78, 5) is 43.2. The zero-order valence-electron chi connectivity index (χ0n) is 15.9. The van der Waals surface area contributed by atoms with Crippen LogP contribution in [0, 0.1) is 12.8 Å². The first-order valence-corrected chi connectivity index (χ1v) is 9.04. The smallest absolute Gasteiger partial charge is 0.333 e. The van der Waals surface area contributed by atoms with E-state index in [4.69, 9.17) is 5.11 Å². The summed E-state index contributed by atoms with van der Waals surface area (Å²) in [5.41, 5.74) is 1.29. The number of rotatable bonds is 3. The molecule has 0 amide bonds. The normalized spacial score (nSPS) is 16.4. The van der Waals surface area contributed by atoms with Crippen LogP contribution in [0.25, 0.3) is 11.2 Å². The molecular formula is C19H21N5O4. The molecule has 1 aliphatic heterocycles. The second-order valence-electron chi connectivity index (χ2n) is 7.37. The average Bonchev–Trinajstić information content (AvgIpc) is 3.03. The van der Waals surface area contributed by atoms with Crippen LogP contribution in [0.2, 0.25) is 0 Å². The van der Waals surface area contributed by atoms with Crippen LogP contribution in [-0.2, 0) is 24.9 Å². The Kier molecular flexibility index (Phi) is 4.10. The van der Waals surface area contributed by atoms with Crippen LogP contribution in [0.5, 0.6) is 0 Å². The molecule has 0 fully saturated rings. The van der Waals surface area contributed by atoms with Gasteiger partial charge in [-0.05, 0) is 25.0 Å². The topological polar surface area (TPSA) is 102 Å². The minimum atomic E-state index is -1.24. The molecule has 3 aromatic rings. The van der Waals surface area contributed by atoms with Gasteiger partial charge >= 0.3 is 11.7 Å². The number of aryl methyl sites for hydroxylation is 2. The van der Waals surface area contributed by atoms with Gasteiger partial charge in [-0.3, -0.25) is 14.2 Å². The summed E-state index contributed by atoms with van der Waals surface area (Å²) in [5.74, 6) is -0.431. The third-order valence-electron chi connectivity index (χ3n) is 5.08. The van der Waals surface area contributed by atoms with Gasteiger partial charge in [-0.15, -0.1) is 0 Å². The van der Waals surface area contributed by atoms with E-state index in [0.29, 0.717) is 12.5 Å². The molecule has 0 radical (unpaired) electrons. The van der Waals surface area contributed by atoms with E-state index in [0.717, 1.165) is 22.4 Å². The number of fused-ring (bicyclic) bond motifs is 3. The van der Waals surface area contributed by atoms with E-state index in [2.05, 4.69) is 11.9 Å². The van der Waals surface area contributed by atoms with Crippen molar-refractivity contribution in [3.05, 3.63) is 50.7 Å². The van der Waals surface area contributed by atoms with Gasteiger partial charge in [0.15, 0.2) is 11.2 Å². The minimum Gasteiger partial charge on any atom is -0.480 e. The first-order chi connectivity index (χ1) is 13.3. The fourth-order valence-electron chi connectivity index (χ4n) is 3.72. The highest BCUT2D eigenvalue weighted by Crippen LogP contribution is 2.32. The van der Waals surface area contributed by atoms with E-state index >= 15 is 0 Å². The molecule has 28 heavy (non-hydrogen) atoms. The van der Waals surface area contributed by atoms with Crippen LogP contribution in [0.3, 0.4) is 0 Å². The van der Waals surface area contributed by atoms with Crippen molar-refractivity contribution in [2.75, 3.05) is 11.4 Å². The molecule has 1 atom stereocenters. The van der Waals surface area contributed by atoms with Gasteiger partial charge < -0.3 is 14.6 Å². The number of imidazole rings is 1. The Labute approximate surface area is 160 Å². The highest BCUT2D eigenvalue weighted by Gasteiger charge is 2.30. The lowest BCUT2D eigenvalue weighted by Gasteiger charge is -2.33. The summed E-state index contributed by atoms with van der Waals surface area (Å²) in [6.07, 6.45) is 0. The molecule has 0 saturated heterocycles. The van der Waals surface area contributed by atoms with E-state index in [1.165, 1.54) is 11.6 Å². The predicted octanol–water partition coefficient (Wildman–Crippen LogP) is 1.08. The lowest BCUT2D eigenvalue weighted by atomic mass is 10.1. The molecule has 0 bridgehead atoms. The molecular weight excluding hydrogens is 362 g/mol. The molecule has 3 heterocycles. The number of hydrogen-bond donors (Lipinski definition) is 1. The van der Waals surface area contributed by atoms with Crippen molar-refractivity contribution < 1.29 is 9.90 Å². The van der Waals surface area contributed by atoms with Gasteiger partial charge in [0.05, 0.1) is 0 Å². The summed E-state index contributed by atoms with van der Waals surface area (Å²) < 4.78 is 3.78. The van der Waals surface area contributed by atoms with Crippen molar-refractivity contribution in [3.63, 3.8) is 0 Å². The van der Waals surface area contributed by atoms with Crippen molar-refractivity contribution in [1.29, 1.82) is 0 Å². The predicted molar refractivity (Wildman–Crippen MR) is 104 cm³/mol. The number of carbonyl (C=O) groups is 1. The van der Waals surface area contributed by atoms with Crippen LogP contribution in [-0.4, -0.2) is 36.3 Å². The Morgan fingerprint density at radius 1 is 1.21 bits per heavy atom. The van der Waals surface area contributed by atoms with Crippen molar-refractivity contribution in [2.45, 2.75) is 26.9 Å². The zero-order chi connectivity index (χ0) is 20.2. The van der Waals surface area contributed by atoms with Gasteiger partial charge in [-0.25, -0.2) is 9.36 Å². The van der Waals surface area contributed by atoms with Gasteiger partial charge in [0.1, 0.15) is 6.54 Å². The first-order valence-electron chi connectivity index (χ1n) is 9.04. The fourth-order valence-corrected chi connectivity index (χ4v) is 3.72. The summed E-state index contributed by atoms with van der Waals surface area (Å²) in [7, 11) is 1.50. The van der Waals surface area contributed by atoms with E-state index in [1.807, 2.05) is 36.1 Å². The lowest BCUT2D eigenvalue weighted by molar-refractivity contribution is -0.137. The summed E-state index contributed by atoms with van der Waals surface area (Å²) in [6, 6.07) is 8.02. The van der Waals surface area contributed by atoms with Gasteiger partial charge in [0, 0.05) is 25.8 Å². The number of hydrogen-bond acceptors (Lipinski definition) is 5. The Hall–Kier alpha value is -3.36. The molecule has 0 saturated carbocycles. The molecule has 9 heteroatoms. The molecule has 2 aromatic heterocycles. The van der Waals surface area contributed by atoms with Crippen LogP contribution >= 0.6 is 0 Å². The van der Waals surface area contributed by atoms with E-state index in [1.54, 1.807) is 4.57 Å². The molecule has 0 unspecified atom stereocenters. The molecule has 1 aromatic carbocycles. The van der Waals surface area contributed by atoms with E-state index in [9.17, 15) is 14.4 Å². The molecule has 9 nitrogen and oxygen atoms in total. The summed E-state index contributed by atoms with van der Waals surface area (Å²) >= 11 is 0. The summed E-state index contributed by atoms with van der Waals surface area (Å²) in [5, 5.41) is 9.08. The second kappa shape index (κ2) is 6.36. The zero-order valence-corrected chi connectivity index (χ0v) is 15.9. The fraction of sp³-hybridized carbons (Fsp3) is 0.368. The maximum atomic E-state index is 13.0. The van der Waals surface area contributed by atoms with Gasteiger partial charge in [0.2, 0.25) is 5.95 Å². The molecule has 0 spiro atoms. The average molecular weight is 383 g/mol. The number of aromatic nitrogens is 4. The van der Waals surface area contributed by atoms with Crippen LogP contribution in [0.15, 0.2) is 33.9 Å². The highest BCUT2D eigenvalue weighted by molar-refractivity contribution is 5.77. The van der Waals surface area contributed by atoms with Crippen LogP contribution in [0.4, 0.5) is 11.6 Å². The number of anilines is 2. The highest BCUT2D eigenvalue weighted by atomic mass is 16.4. The van der Waals surface area contributed by atoms with Crippen molar-refractivity contribution in [2.24, 2.45) is 13.0 Å². The van der Waals surface area contributed by atoms with Gasteiger partial charge in [-0.2, -0.15) is 4.98 Å². The van der Waals surface area contributed by atoms with Crippen molar-refractivity contribution >= 4 is 28.8 Å². The number of benzene rings is 1. The quantitative estimate of drug-likeness (QED) is 0.726. The molecule has 1 aliphatic rings. The van der Waals surface area contributed by atoms with E-state index < -0.39 is 23.8 Å². The standard InChI is InChI=1S/C19H21N5O4/c1-11-4-6-13(7-5-11)22-8-12(2)9-23-15-16(20-18(22)23)21(3)19(28)24(17(15)27)10-14(25)26/h4-7,12H,8-10H2,1-3H3,(H,25,26)/t12-/m1/s1. The monoisotopic (exact) mass is 383 g/mol. The Morgan fingerprint density at radius 3 is 2.54 bits per heavy atom. The number of nitrogens with zero attached hydrogens (tertiary/aromatic N) is 5. The molecule has 1 N–H and O–H groups in total. The van der Waals surface area contributed by atoms with Crippen molar-refractivity contribution in [1.82, 2.24) is 18.7 Å². The number of aliphatic carboxylic acids is 1. The second-order valence-corrected chi connectivity index (χ2v) is 7.37. The maximum Gasteiger partial charge on any atom is 0.333 e.